The number of benzene rings is 9. The topological polar surface area (TPSA) is 42.4 Å². The number of nitrogens with zero attached hydrogens (tertiary/aromatic N) is 1. The molecule has 0 atom stereocenters. The van der Waals surface area contributed by atoms with Gasteiger partial charge in [-0.25, -0.2) is 0 Å². The van der Waals surface area contributed by atoms with Crippen LogP contribution in [0.15, 0.2) is 162 Å². The number of nitrogens with two attached hydrogens (primary N) is 1. The molecule has 0 amide bonds. The summed E-state index contributed by atoms with van der Waals surface area (Å²) in [7, 11) is 0. The third-order valence-corrected chi connectivity index (χ3v) is 10.7. The number of aryl methyl sites for hydroxylation is 1. The number of nitrogen functional groups attached to an aromatic ring is 1. The predicted octanol–water partition coefficient (Wildman–Crippen LogP) is 13.5. The van der Waals surface area contributed by atoms with Crippen molar-refractivity contribution >= 4 is 77.0 Å². The van der Waals surface area contributed by atoms with Crippen LogP contribution in [-0.2, 0) is 0 Å². The second kappa shape index (κ2) is 11.2. The molecule has 9 aromatic carbocycles. The van der Waals surface area contributed by atoms with E-state index in [9.17, 15) is 0 Å². The normalized spacial score (nSPS) is 11.8. The summed E-state index contributed by atoms with van der Waals surface area (Å²) in [6, 6.07) is 56.3. The fourth-order valence-corrected chi connectivity index (χ4v) is 8.39. The Morgan fingerprint density at radius 2 is 1.14 bits per heavy atom. The lowest BCUT2D eigenvalue weighted by molar-refractivity contribution is 0.670. The van der Waals surface area contributed by atoms with Crippen LogP contribution in [0.2, 0.25) is 0 Å². The Labute approximate surface area is 296 Å². The van der Waals surface area contributed by atoms with Gasteiger partial charge in [-0.05, 0) is 100 Å². The fourth-order valence-electron chi connectivity index (χ4n) is 8.39. The van der Waals surface area contributed by atoms with E-state index >= 15 is 0 Å². The zero-order valence-corrected chi connectivity index (χ0v) is 28.4. The van der Waals surface area contributed by atoms with Crippen molar-refractivity contribution in [2.75, 3.05) is 10.6 Å². The molecule has 10 rings (SSSR count). The molecule has 0 radical (unpaired) electrons. The van der Waals surface area contributed by atoms with Crippen molar-refractivity contribution in [1.29, 1.82) is 0 Å². The van der Waals surface area contributed by atoms with E-state index in [-0.39, 0.29) is 0 Å². The lowest BCUT2D eigenvalue weighted by Gasteiger charge is -2.31. The molecule has 0 fully saturated rings. The first kappa shape index (κ1) is 29.3. The van der Waals surface area contributed by atoms with Crippen LogP contribution in [0.25, 0.3) is 76.5 Å². The van der Waals surface area contributed by atoms with Gasteiger partial charge in [0.1, 0.15) is 11.2 Å². The van der Waals surface area contributed by atoms with Crippen LogP contribution in [0.3, 0.4) is 0 Å². The number of para-hydroxylation sites is 4. The maximum absolute atomic E-state index is 6.62. The molecule has 0 aliphatic rings. The molecule has 0 aliphatic heterocycles. The first-order valence-electron chi connectivity index (χ1n) is 17.5. The Bertz CT molecular complexity index is 2900. The molecule has 1 heterocycles. The monoisotopic (exact) mass is 654 g/mol. The number of hydrogen-bond acceptors (Lipinski definition) is 3. The maximum Gasteiger partial charge on any atom is 0.143 e. The van der Waals surface area contributed by atoms with Crippen molar-refractivity contribution in [2.45, 2.75) is 13.8 Å². The Morgan fingerprint density at radius 1 is 0.490 bits per heavy atom. The highest BCUT2D eigenvalue weighted by atomic mass is 16.3. The summed E-state index contributed by atoms with van der Waals surface area (Å²) < 4.78 is 6.57. The third kappa shape index (κ3) is 4.38. The average Bonchev–Trinajstić information content (AvgIpc) is 3.56. The Hall–Kier alpha value is -6.58. The van der Waals surface area contributed by atoms with E-state index in [1.54, 1.807) is 0 Å². The van der Waals surface area contributed by atoms with Gasteiger partial charge in [0.15, 0.2) is 0 Å². The second-order valence-electron chi connectivity index (χ2n) is 13.6. The Balaban J connectivity index is 1.34. The summed E-state index contributed by atoms with van der Waals surface area (Å²) in [5, 5.41) is 9.35. The van der Waals surface area contributed by atoms with Crippen molar-refractivity contribution in [2.24, 2.45) is 0 Å². The summed E-state index contributed by atoms with van der Waals surface area (Å²) in [5.74, 6) is 0. The number of hydrogen-bond donors (Lipinski definition) is 1. The van der Waals surface area contributed by atoms with Crippen LogP contribution in [-0.4, -0.2) is 0 Å². The van der Waals surface area contributed by atoms with Crippen LogP contribution < -0.4 is 10.6 Å². The molecule has 2 N–H and O–H groups in total. The molecule has 51 heavy (non-hydrogen) atoms. The maximum atomic E-state index is 6.62. The van der Waals surface area contributed by atoms with E-state index in [0.717, 1.165) is 61.2 Å². The van der Waals surface area contributed by atoms with Gasteiger partial charge in [0, 0.05) is 49.7 Å². The summed E-state index contributed by atoms with van der Waals surface area (Å²) in [4.78, 5) is 2.43. The zero-order valence-electron chi connectivity index (χ0n) is 28.4. The first-order chi connectivity index (χ1) is 25.1. The van der Waals surface area contributed by atoms with Crippen molar-refractivity contribution in [1.82, 2.24) is 0 Å². The van der Waals surface area contributed by atoms with Gasteiger partial charge in [-0.2, -0.15) is 0 Å². The minimum absolute atomic E-state index is 0.796. The van der Waals surface area contributed by atoms with E-state index in [0.29, 0.717) is 0 Å². The highest BCUT2D eigenvalue weighted by Crippen LogP contribution is 2.51. The molecule has 0 spiro atoms. The van der Waals surface area contributed by atoms with Crippen LogP contribution in [0.1, 0.15) is 11.1 Å². The number of furan rings is 1. The van der Waals surface area contributed by atoms with Crippen LogP contribution in [0, 0.1) is 13.8 Å². The molecular formula is C48H34N2O. The summed E-state index contributed by atoms with van der Waals surface area (Å²) >= 11 is 0. The van der Waals surface area contributed by atoms with Crippen molar-refractivity contribution in [3.63, 3.8) is 0 Å². The molecule has 0 bridgehead atoms. The van der Waals surface area contributed by atoms with Gasteiger partial charge in [-0.3, -0.25) is 0 Å². The summed E-state index contributed by atoms with van der Waals surface area (Å²) in [6.07, 6.45) is 0. The Morgan fingerprint density at radius 3 is 1.92 bits per heavy atom. The minimum atomic E-state index is 0.796. The largest absolute Gasteiger partial charge is 0.455 e. The SMILES string of the molecule is Cc1ccc(-c2cccc3c2oc2ccccc23)c(C)c1-c1cc2ccc3c(N)ccc4ccc(c1N(c1ccccc1)c1ccccc1)c2c43. The van der Waals surface area contributed by atoms with Crippen molar-refractivity contribution < 1.29 is 4.42 Å². The van der Waals surface area contributed by atoms with Gasteiger partial charge in [-0.15, -0.1) is 0 Å². The molecule has 0 aliphatic carbocycles. The summed E-state index contributed by atoms with van der Waals surface area (Å²) in [5.41, 5.74) is 19.7. The zero-order chi connectivity index (χ0) is 34.2. The lowest BCUT2D eigenvalue weighted by Crippen LogP contribution is -2.12. The van der Waals surface area contributed by atoms with E-state index in [4.69, 9.17) is 10.2 Å². The first-order valence-corrected chi connectivity index (χ1v) is 17.5. The predicted molar refractivity (Wildman–Crippen MR) is 217 cm³/mol. The lowest BCUT2D eigenvalue weighted by atomic mass is 9.84. The van der Waals surface area contributed by atoms with Gasteiger partial charge < -0.3 is 15.1 Å². The third-order valence-electron chi connectivity index (χ3n) is 10.7. The quantitative estimate of drug-likeness (QED) is 0.148. The molecule has 3 nitrogen and oxygen atoms in total. The van der Waals surface area contributed by atoms with E-state index in [1.807, 2.05) is 12.1 Å². The van der Waals surface area contributed by atoms with Crippen molar-refractivity contribution in [3.05, 3.63) is 169 Å². The molecule has 0 saturated carbocycles. The van der Waals surface area contributed by atoms with Crippen LogP contribution >= 0.6 is 0 Å². The second-order valence-corrected chi connectivity index (χ2v) is 13.6. The smallest absolute Gasteiger partial charge is 0.143 e. The van der Waals surface area contributed by atoms with Crippen LogP contribution in [0.5, 0.6) is 0 Å². The highest BCUT2D eigenvalue weighted by molar-refractivity contribution is 6.29. The molecule has 10 aromatic rings. The number of anilines is 4. The van der Waals surface area contributed by atoms with Gasteiger partial charge >= 0.3 is 0 Å². The van der Waals surface area contributed by atoms with E-state index in [1.165, 1.54) is 49.2 Å². The Kier molecular flexibility index (Phi) is 6.46. The molecule has 1 aromatic heterocycles. The average molecular weight is 655 g/mol. The highest BCUT2D eigenvalue weighted by Gasteiger charge is 2.26. The molecule has 0 unspecified atom stereocenters. The molecule has 3 heteroatoms. The van der Waals surface area contributed by atoms with E-state index in [2.05, 4.69) is 164 Å². The van der Waals surface area contributed by atoms with Crippen molar-refractivity contribution in [3.8, 4) is 22.3 Å². The minimum Gasteiger partial charge on any atom is -0.455 e. The van der Waals surface area contributed by atoms with Gasteiger partial charge in [0.2, 0.25) is 0 Å². The molecular weight excluding hydrogens is 621 g/mol. The number of fused-ring (bicyclic) bond motifs is 3. The van der Waals surface area contributed by atoms with E-state index < -0.39 is 0 Å². The van der Waals surface area contributed by atoms with Gasteiger partial charge in [0.05, 0.1) is 5.69 Å². The van der Waals surface area contributed by atoms with Gasteiger partial charge in [-0.1, -0.05) is 115 Å². The molecule has 242 valence electrons. The van der Waals surface area contributed by atoms with Crippen LogP contribution in [0.4, 0.5) is 22.7 Å². The summed E-state index contributed by atoms with van der Waals surface area (Å²) in [6.45, 7) is 4.50. The number of rotatable bonds is 5. The standard InChI is InChI=1S/C48H34N2O/c1-29-20-24-35(37-17-11-18-38-36-16-9-10-19-43(36)51-48(37)38)30(2)44(29)41-28-32-22-25-39-42(49)27-23-31-21-26-40(46(32)45(31)39)47(41)50(33-12-5-3-6-13-33)34-14-7-4-8-15-34/h3-28H,49H2,1-2H3. The fraction of sp³-hybridized carbons (Fsp3) is 0.0417. The molecule has 0 saturated heterocycles. The van der Waals surface area contributed by atoms with Gasteiger partial charge in [0.25, 0.3) is 0 Å².